The van der Waals surface area contributed by atoms with Crippen molar-refractivity contribution < 1.29 is 14.6 Å². The fraction of sp³-hybridized carbons (Fsp3) is 0.286. The minimum atomic E-state index is -0.953. The number of carbonyl (C=O) groups is 1. The summed E-state index contributed by atoms with van der Waals surface area (Å²) < 4.78 is 5.52. The fourth-order valence-electron chi connectivity index (χ4n) is 1.70. The maximum Gasteiger partial charge on any atom is 0.335 e. The van der Waals surface area contributed by atoms with Gasteiger partial charge in [0.2, 0.25) is 0 Å². The Hall–Kier alpha value is -1.92. The molecule has 0 saturated carbocycles. The average Bonchev–Trinajstić information content (AvgIpc) is 2.98. The predicted molar refractivity (Wildman–Crippen MR) is 77.4 cm³/mol. The van der Waals surface area contributed by atoms with Gasteiger partial charge in [-0.25, -0.2) is 9.78 Å². The number of hydrogen-bond donors (Lipinski definition) is 2. The van der Waals surface area contributed by atoms with Crippen LogP contribution in [0.2, 0.25) is 0 Å². The molecule has 1 heterocycles. The molecule has 0 saturated heterocycles. The first-order valence-corrected chi connectivity index (χ1v) is 7.13. The first-order chi connectivity index (χ1) is 9.66. The lowest BCUT2D eigenvalue weighted by Gasteiger charge is -2.12. The molecular weight excluding hydrogens is 276 g/mol. The summed E-state index contributed by atoms with van der Waals surface area (Å²) >= 11 is 1.61. The third kappa shape index (κ3) is 4.04. The van der Waals surface area contributed by atoms with Gasteiger partial charge >= 0.3 is 5.97 Å². The molecular formula is C14H16N2O3S. The quantitative estimate of drug-likeness (QED) is 0.767. The van der Waals surface area contributed by atoms with Gasteiger partial charge in [0.15, 0.2) is 0 Å². The van der Waals surface area contributed by atoms with Crippen LogP contribution in [0.15, 0.2) is 35.8 Å². The minimum Gasteiger partial charge on any atom is -0.492 e. The summed E-state index contributed by atoms with van der Waals surface area (Å²) in [6, 6.07) is 6.66. The third-order valence-electron chi connectivity index (χ3n) is 2.72. The summed E-state index contributed by atoms with van der Waals surface area (Å²) in [6.07, 6.45) is 1.78. The van der Waals surface area contributed by atoms with Crippen LogP contribution >= 0.6 is 11.3 Å². The molecule has 0 aliphatic heterocycles. The van der Waals surface area contributed by atoms with E-state index in [0.29, 0.717) is 18.9 Å². The minimum absolute atomic E-state index is 0.184. The number of carboxylic acid groups (broad SMARTS) is 1. The number of rotatable bonds is 7. The maximum absolute atomic E-state index is 10.8. The highest BCUT2D eigenvalue weighted by Crippen LogP contribution is 2.15. The molecule has 5 nitrogen and oxygen atoms in total. The molecule has 1 aromatic carbocycles. The van der Waals surface area contributed by atoms with Crippen LogP contribution in [0.4, 0.5) is 0 Å². The number of ether oxygens (including phenoxy) is 1. The van der Waals surface area contributed by atoms with Gasteiger partial charge in [-0.05, 0) is 25.1 Å². The van der Waals surface area contributed by atoms with Crippen LogP contribution in [0, 0.1) is 0 Å². The van der Waals surface area contributed by atoms with Gasteiger partial charge in [-0.3, -0.25) is 0 Å². The first kappa shape index (κ1) is 14.5. The molecule has 0 fully saturated rings. The van der Waals surface area contributed by atoms with E-state index in [-0.39, 0.29) is 11.6 Å². The lowest BCUT2D eigenvalue weighted by atomic mass is 10.2. The molecule has 0 amide bonds. The Labute approximate surface area is 121 Å². The number of thiazole rings is 1. The van der Waals surface area contributed by atoms with Crippen molar-refractivity contribution in [2.24, 2.45) is 0 Å². The summed E-state index contributed by atoms with van der Waals surface area (Å²) in [7, 11) is 0. The first-order valence-electron chi connectivity index (χ1n) is 6.26. The molecule has 6 heteroatoms. The zero-order chi connectivity index (χ0) is 14.4. The summed E-state index contributed by atoms with van der Waals surface area (Å²) in [5.41, 5.74) is 0.228. The van der Waals surface area contributed by atoms with Crippen LogP contribution in [-0.2, 0) is 0 Å². The van der Waals surface area contributed by atoms with Crippen LogP contribution in [0.5, 0.6) is 5.75 Å². The highest BCUT2D eigenvalue weighted by molar-refractivity contribution is 7.09. The monoisotopic (exact) mass is 292 g/mol. The Kier molecular flexibility index (Phi) is 5.09. The van der Waals surface area contributed by atoms with Crippen LogP contribution in [0.3, 0.4) is 0 Å². The lowest BCUT2D eigenvalue weighted by molar-refractivity contribution is 0.0696. The lowest BCUT2D eigenvalue weighted by Crippen LogP contribution is -2.24. The summed E-state index contributed by atoms with van der Waals surface area (Å²) in [4.78, 5) is 15.1. The normalized spacial score (nSPS) is 12.1. The largest absolute Gasteiger partial charge is 0.492 e. The molecule has 2 rings (SSSR count). The van der Waals surface area contributed by atoms with E-state index in [4.69, 9.17) is 9.84 Å². The molecule has 0 radical (unpaired) electrons. The van der Waals surface area contributed by atoms with Gasteiger partial charge in [-0.1, -0.05) is 6.07 Å². The van der Waals surface area contributed by atoms with Crippen molar-refractivity contribution in [3.8, 4) is 5.75 Å². The highest BCUT2D eigenvalue weighted by atomic mass is 32.1. The van der Waals surface area contributed by atoms with Crippen LogP contribution in [-0.4, -0.2) is 29.2 Å². The van der Waals surface area contributed by atoms with Crippen LogP contribution in [0.25, 0.3) is 0 Å². The van der Waals surface area contributed by atoms with E-state index in [0.717, 1.165) is 5.01 Å². The zero-order valence-electron chi connectivity index (χ0n) is 11.1. The summed E-state index contributed by atoms with van der Waals surface area (Å²) in [6.45, 7) is 3.18. The Morgan fingerprint density at radius 2 is 2.40 bits per heavy atom. The van der Waals surface area contributed by atoms with Gasteiger partial charge in [-0.15, -0.1) is 11.3 Å². The van der Waals surface area contributed by atoms with Crippen molar-refractivity contribution in [1.82, 2.24) is 10.3 Å². The Morgan fingerprint density at radius 3 is 3.10 bits per heavy atom. The van der Waals surface area contributed by atoms with E-state index in [1.807, 2.05) is 12.3 Å². The molecule has 1 unspecified atom stereocenters. The van der Waals surface area contributed by atoms with Gasteiger partial charge in [0.05, 0.1) is 11.6 Å². The molecule has 1 aromatic heterocycles. The van der Waals surface area contributed by atoms with Crippen molar-refractivity contribution in [2.75, 3.05) is 13.2 Å². The fourth-order valence-corrected chi connectivity index (χ4v) is 2.37. The number of aromatic carboxylic acids is 1. The molecule has 0 aliphatic carbocycles. The number of nitrogens with zero attached hydrogens (tertiary/aromatic N) is 1. The second-order valence-electron chi connectivity index (χ2n) is 4.23. The van der Waals surface area contributed by atoms with Crippen LogP contribution in [0.1, 0.15) is 28.3 Å². The molecule has 20 heavy (non-hydrogen) atoms. The molecule has 0 bridgehead atoms. The van der Waals surface area contributed by atoms with E-state index < -0.39 is 5.97 Å². The second kappa shape index (κ2) is 7.02. The van der Waals surface area contributed by atoms with Crippen LogP contribution < -0.4 is 10.1 Å². The topological polar surface area (TPSA) is 71.5 Å². The van der Waals surface area contributed by atoms with E-state index in [9.17, 15) is 4.79 Å². The highest BCUT2D eigenvalue weighted by Gasteiger charge is 2.07. The predicted octanol–water partition coefficient (Wildman–Crippen LogP) is 2.57. The molecule has 0 aliphatic rings. The number of carboxylic acids is 1. The maximum atomic E-state index is 10.8. The van der Waals surface area contributed by atoms with Gasteiger partial charge in [-0.2, -0.15) is 0 Å². The zero-order valence-corrected chi connectivity index (χ0v) is 11.9. The number of nitrogens with one attached hydrogen (secondary N) is 1. The number of hydrogen-bond acceptors (Lipinski definition) is 5. The molecule has 1 atom stereocenters. The van der Waals surface area contributed by atoms with Crippen molar-refractivity contribution in [3.63, 3.8) is 0 Å². The standard InChI is InChI=1S/C14H16N2O3S/c1-10(13-16-6-8-20-13)15-5-7-19-12-4-2-3-11(9-12)14(17)18/h2-4,6,8-10,15H,5,7H2,1H3,(H,17,18). The average molecular weight is 292 g/mol. The van der Waals surface area contributed by atoms with E-state index in [2.05, 4.69) is 10.3 Å². The molecule has 0 spiro atoms. The van der Waals surface area contributed by atoms with E-state index in [1.54, 1.807) is 29.7 Å². The smallest absolute Gasteiger partial charge is 0.335 e. The van der Waals surface area contributed by atoms with Crippen molar-refractivity contribution in [2.45, 2.75) is 13.0 Å². The van der Waals surface area contributed by atoms with Gasteiger partial charge in [0.25, 0.3) is 0 Å². The molecule has 2 N–H and O–H groups in total. The van der Waals surface area contributed by atoms with Gasteiger partial charge in [0.1, 0.15) is 17.4 Å². The van der Waals surface area contributed by atoms with E-state index in [1.165, 1.54) is 12.1 Å². The third-order valence-corrected chi connectivity index (χ3v) is 3.68. The Morgan fingerprint density at radius 1 is 1.55 bits per heavy atom. The molecule has 2 aromatic rings. The van der Waals surface area contributed by atoms with Gasteiger partial charge in [0, 0.05) is 18.1 Å². The summed E-state index contributed by atoms with van der Waals surface area (Å²) in [5.74, 6) is -0.389. The van der Waals surface area contributed by atoms with Crippen molar-refractivity contribution in [3.05, 3.63) is 46.4 Å². The van der Waals surface area contributed by atoms with Crippen molar-refractivity contribution >= 4 is 17.3 Å². The number of benzene rings is 1. The second-order valence-corrected chi connectivity index (χ2v) is 5.15. The van der Waals surface area contributed by atoms with Crippen molar-refractivity contribution in [1.29, 1.82) is 0 Å². The number of aromatic nitrogens is 1. The summed E-state index contributed by atoms with van der Waals surface area (Å²) in [5, 5.41) is 15.2. The Balaban J connectivity index is 1.76. The van der Waals surface area contributed by atoms with E-state index >= 15 is 0 Å². The Bertz CT molecular complexity index is 557. The SMILES string of the molecule is CC(NCCOc1cccc(C(=O)O)c1)c1nccs1. The molecule has 106 valence electrons. The van der Waals surface area contributed by atoms with Gasteiger partial charge < -0.3 is 15.2 Å².